The molecule has 4 heterocycles. The fourth-order valence-electron chi connectivity index (χ4n) is 6.88. The predicted octanol–water partition coefficient (Wildman–Crippen LogP) is 4.80. The van der Waals surface area contributed by atoms with Crippen molar-refractivity contribution in [2.75, 3.05) is 6.61 Å². The smallest absolute Gasteiger partial charge is 0.340 e. The number of aromatic nitrogens is 2. The number of hydrogen-bond donors (Lipinski definition) is 3. The van der Waals surface area contributed by atoms with Crippen LogP contribution in [0.25, 0.3) is 0 Å². The van der Waals surface area contributed by atoms with Gasteiger partial charge in [0.2, 0.25) is 0 Å². The lowest BCUT2D eigenvalue weighted by atomic mass is 9.77. The van der Waals surface area contributed by atoms with E-state index < -0.39 is 84.7 Å². The average Bonchev–Trinajstić information content (AvgIpc) is 3.68. The van der Waals surface area contributed by atoms with E-state index in [0.717, 1.165) is 4.57 Å². The Hall–Kier alpha value is -5.87. The Balaban J connectivity index is 1.28. The number of carbonyl (C=O) groups is 4. The number of esters is 3. The lowest BCUT2D eigenvalue weighted by Crippen LogP contribution is -2.42. The molecule has 1 amide bonds. The molecule has 1 saturated heterocycles. The summed E-state index contributed by atoms with van der Waals surface area (Å²) in [5, 5.41) is 2.87. The minimum Gasteiger partial charge on any atom is -0.456 e. The maximum absolute atomic E-state index is 14.1. The van der Waals surface area contributed by atoms with Crippen LogP contribution >= 0.6 is 8.25 Å². The number of H-pyrrole nitrogens is 1. The molecule has 7 rings (SSSR count). The molecule has 3 aromatic carbocycles. The third-order valence-electron chi connectivity index (χ3n) is 10.0. The first kappa shape index (κ1) is 41.3. The highest BCUT2D eigenvalue weighted by atomic mass is 31.1. The summed E-state index contributed by atoms with van der Waals surface area (Å²) >= 11 is 0. The number of amides is 1. The molecule has 1 spiro atoms. The third-order valence-corrected chi connectivity index (χ3v) is 10.5. The van der Waals surface area contributed by atoms with Crippen molar-refractivity contribution in [2.45, 2.75) is 78.9 Å². The Bertz CT molecular complexity index is 2490. The van der Waals surface area contributed by atoms with Crippen LogP contribution in [0.5, 0.6) is 23.0 Å². The second-order valence-electron chi connectivity index (χ2n) is 16.5. The molecule has 310 valence electrons. The second kappa shape index (κ2) is 15.1. The normalized spacial score (nSPS) is 19.5. The minimum atomic E-state index is -3.40. The molecular formula is C41H42N3O14P. The van der Waals surface area contributed by atoms with E-state index in [1.165, 1.54) is 55.6 Å². The van der Waals surface area contributed by atoms with Gasteiger partial charge in [-0.25, -0.2) is 9.59 Å². The summed E-state index contributed by atoms with van der Waals surface area (Å²) in [4.78, 5) is 89.9. The van der Waals surface area contributed by atoms with Gasteiger partial charge in [-0.15, -0.1) is 0 Å². The number of nitrogens with one attached hydrogen (secondary N) is 2. The number of ether oxygens (including phenoxy) is 5. The van der Waals surface area contributed by atoms with Crippen LogP contribution in [0.4, 0.5) is 0 Å². The number of carbonyl (C=O) groups excluding carboxylic acids is 4. The van der Waals surface area contributed by atoms with Crippen molar-refractivity contribution in [1.29, 1.82) is 0 Å². The van der Waals surface area contributed by atoms with Crippen LogP contribution in [0.3, 0.4) is 0 Å². The molecule has 1 aromatic heterocycles. The summed E-state index contributed by atoms with van der Waals surface area (Å²) in [5.74, 6) is -1.75. The van der Waals surface area contributed by atoms with Crippen molar-refractivity contribution in [2.24, 2.45) is 10.8 Å². The highest BCUT2D eigenvalue weighted by Crippen LogP contribution is 2.57. The van der Waals surface area contributed by atoms with Crippen LogP contribution in [-0.2, 0) is 33.8 Å². The number of aromatic amines is 1. The molecule has 1 fully saturated rings. The molecule has 3 aliphatic heterocycles. The van der Waals surface area contributed by atoms with Crippen LogP contribution in [0.15, 0.2) is 70.4 Å². The average molecular weight is 832 g/mol. The lowest BCUT2D eigenvalue weighted by Gasteiger charge is -2.37. The molecule has 1 unspecified atom stereocenters. The van der Waals surface area contributed by atoms with E-state index in [2.05, 4.69) is 10.3 Å². The summed E-state index contributed by atoms with van der Waals surface area (Å²) in [7, 11) is -3.40. The van der Waals surface area contributed by atoms with Crippen LogP contribution in [0.2, 0.25) is 0 Å². The molecule has 0 bridgehead atoms. The molecule has 59 heavy (non-hydrogen) atoms. The molecule has 3 aliphatic rings. The molecule has 4 atom stereocenters. The number of aryl methyl sites for hydroxylation is 1. The van der Waals surface area contributed by atoms with Gasteiger partial charge in [0.1, 0.15) is 35.3 Å². The highest BCUT2D eigenvalue weighted by molar-refractivity contribution is 7.32. The van der Waals surface area contributed by atoms with Gasteiger partial charge in [-0.3, -0.25) is 33.3 Å². The molecule has 17 nitrogen and oxygen atoms in total. The highest BCUT2D eigenvalue weighted by Gasteiger charge is 2.54. The number of fused-ring (bicyclic) bond motifs is 6. The van der Waals surface area contributed by atoms with Gasteiger partial charge in [0.15, 0.2) is 5.60 Å². The summed E-state index contributed by atoms with van der Waals surface area (Å²) in [6.45, 7) is 11.3. The van der Waals surface area contributed by atoms with E-state index in [0.29, 0.717) is 11.1 Å². The Morgan fingerprint density at radius 1 is 0.898 bits per heavy atom. The molecule has 0 aliphatic carbocycles. The zero-order valence-corrected chi connectivity index (χ0v) is 34.1. The Kier molecular flexibility index (Phi) is 10.5. The molecular weight excluding hydrogens is 789 g/mol. The number of nitrogens with zero attached hydrogens (tertiary/aromatic N) is 1. The standard InChI is InChI=1S/C41H42N3O14P/c1-20-18-44(38(50)43-33(20)45)32-17-28(31(57-32)19-53-59(51)52)42-34(46)21-8-11-24-27(14-21)41(58-35(24)47)25-12-9-22(54-36(48)39(2,3)4)15-29(25)56-30-16-23(10-13-26(30)41)55-37(49)40(5,6)7/h8-16,18,28,31-32,59H,17,19H2,1-7H3,(H,42,46)(H,51,52)(H,43,45,50)/t28-,31-,32-/m1/s1. The first-order valence-corrected chi connectivity index (χ1v) is 19.9. The van der Waals surface area contributed by atoms with Crippen molar-refractivity contribution in [3.63, 3.8) is 0 Å². The van der Waals surface area contributed by atoms with Gasteiger partial charge in [-0.2, -0.15) is 0 Å². The van der Waals surface area contributed by atoms with Gasteiger partial charge in [0.05, 0.1) is 29.0 Å². The van der Waals surface area contributed by atoms with Crippen molar-refractivity contribution < 1.29 is 56.8 Å². The number of rotatable bonds is 8. The molecule has 4 aromatic rings. The van der Waals surface area contributed by atoms with Crippen LogP contribution in [0.1, 0.15) is 97.2 Å². The van der Waals surface area contributed by atoms with E-state index in [1.807, 2.05) is 0 Å². The fourth-order valence-corrected chi connectivity index (χ4v) is 7.19. The lowest BCUT2D eigenvalue weighted by molar-refractivity contribution is -0.143. The molecule has 0 radical (unpaired) electrons. The van der Waals surface area contributed by atoms with E-state index in [1.54, 1.807) is 53.7 Å². The van der Waals surface area contributed by atoms with E-state index in [-0.39, 0.29) is 51.7 Å². The zero-order valence-electron chi connectivity index (χ0n) is 33.1. The monoisotopic (exact) mass is 831 g/mol. The summed E-state index contributed by atoms with van der Waals surface area (Å²) in [5.41, 5.74) is -3.28. The van der Waals surface area contributed by atoms with Gasteiger partial charge < -0.3 is 38.4 Å². The summed E-state index contributed by atoms with van der Waals surface area (Å²) in [6, 6.07) is 12.7. The van der Waals surface area contributed by atoms with Crippen molar-refractivity contribution in [3.8, 4) is 23.0 Å². The maximum Gasteiger partial charge on any atom is 0.340 e. The van der Waals surface area contributed by atoms with Gasteiger partial charge >= 0.3 is 31.9 Å². The topological polar surface area (TPSA) is 228 Å². The van der Waals surface area contributed by atoms with Crippen LogP contribution in [-0.4, -0.2) is 57.0 Å². The molecule has 0 saturated carbocycles. The van der Waals surface area contributed by atoms with Crippen LogP contribution < -0.4 is 30.8 Å². The Morgan fingerprint density at radius 3 is 2.05 bits per heavy atom. The fraction of sp³-hybridized carbons (Fsp3) is 0.366. The summed E-state index contributed by atoms with van der Waals surface area (Å²) < 4.78 is 47.6. The van der Waals surface area contributed by atoms with Gasteiger partial charge in [0, 0.05) is 52.6 Å². The molecule has 18 heteroatoms. The third kappa shape index (κ3) is 7.86. The Morgan fingerprint density at radius 2 is 1.49 bits per heavy atom. The van der Waals surface area contributed by atoms with Gasteiger partial charge in [-0.1, -0.05) is 0 Å². The van der Waals surface area contributed by atoms with E-state index in [9.17, 15) is 38.2 Å². The van der Waals surface area contributed by atoms with E-state index in [4.69, 9.17) is 28.2 Å². The quantitative estimate of drug-likeness (QED) is 0.123. The SMILES string of the molecule is Cc1cn([C@H]2C[C@@H](NC(=O)c3ccc4c(c3)C3(OC4=O)c4ccc(OC(=O)C(C)(C)C)cc4Oc4cc(OC(=O)C(C)(C)C)ccc43)[C@@H](CO[PH](=O)O)O2)c(=O)[nH]c1=O. The minimum absolute atomic E-state index is 0.0102. The van der Waals surface area contributed by atoms with Crippen LogP contribution in [0, 0.1) is 17.8 Å². The Labute approximate surface area is 337 Å². The van der Waals surface area contributed by atoms with Crippen molar-refractivity contribution >= 4 is 32.1 Å². The molecule has 3 N–H and O–H groups in total. The van der Waals surface area contributed by atoms with Gasteiger partial charge in [0.25, 0.3) is 11.5 Å². The first-order valence-electron chi connectivity index (χ1n) is 18.6. The maximum atomic E-state index is 14.1. The predicted molar refractivity (Wildman–Crippen MR) is 208 cm³/mol. The first-order chi connectivity index (χ1) is 27.6. The van der Waals surface area contributed by atoms with E-state index >= 15 is 0 Å². The van der Waals surface area contributed by atoms with Crippen molar-refractivity contribution in [3.05, 3.63) is 115 Å². The summed E-state index contributed by atoms with van der Waals surface area (Å²) in [6.07, 6.45) is -0.649. The largest absolute Gasteiger partial charge is 0.456 e. The van der Waals surface area contributed by atoms with Crippen molar-refractivity contribution in [1.82, 2.24) is 14.9 Å². The zero-order chi connectivity index (χ0) is 42.8. The second-order valence-corrected chi connectivity index (χ2v) is 17.3. The number of benzene rings is 3. The number of hydrogen-bond acceptors (Lipinski definition) is 13. The van der Waals surface area contributed by atoms with Gasteiger partial charge in [-0.05, 0) is 90.9 Å².